The summed E-state index contributed by atoms with van der Waals surface area (Å²) in [4.78, 5) is 20.8. The average molecular weight is 303 g/mol. The van der Waals surface area contributed by atoms with Crippen LogP contribution in [0.25, 0.3) is 11.0 Å². The molecule has 0 aliphatic carbocycles. The number of carbonyl (C=O) groups excluding carboxylic acids is 1. The number of carbonyl (C=O) groups is 1. The van der Waals surface area contributed by atoms with Crippen molar-refractivity contribution < 1.29 is 9.53 Å². The number of aryl methyl sites for hydroxylation is 2. The molecular weight excluding hydrogens is 286 g/mol. The predicted molar refractivity (Wildman–Crippen MR) is 85.5 cm³/mol. The van der Waals surface area contributed by atoms with Crippen LogP contribution in [0.5, 0.6) is 0 Å². The summed E-state index contributed by atoms with van der Waals surface area (Å²) in [5.41, 5.74) is 2.41. The van der Waals surface area contributed by atoms with E-state index in [-0.39, 0.29) is 0 Å². The Kier molecular flexibility index (Phi) is 3.94. The largest absolute Gasteiger partial charge is 0.443 e. The molecule has 0 unspecified atom stereocenters. The van der Waals surface area contributed by atoms with Crippen molar-refractivity contribution in [2.45, 2.75) is 40.2 Å². The third-order valence-corrected chi connectivity index (χ3v) is 3.05. The van der Waals surface area contributed by atoms with Crippen molar-refractivity contribution in [3.63, 3.8) is 0 Å². The van der Waals surface area contributed by atoms with Crippen LogP contribution in [0.4, 0.5) is 10.5 Å². The molecule has 21 heavy (non-hydrogen) atoms. The average Bonchev–Trinajstić information content (AvgIpc) is 2.68. The second-order valence-electron chi connectivity index (χ2n) is 5.76. The number of isothiocyanates is 1. The zero-order valence-electron chi connectivity index (χ0n) is 12.7. The molecule has 0 saturated carbocycles. The maximum absolute atomic E-state index is 12.3. The Labute approximate surface area is 128 Å². The van der Waals surface area contributed by atoms with Crippen LogP contribution in [0.1, 0.15) is 32.2 Å². The number of fused-ring (bicyclic) bond motifs is 1. The number of hydrogen-bond acceptors (Lipinski definition) is 5. The van der Waals surface area contributed by atoms with Gasteiger partial charge in [-0.25, -0.2) is 14.3 Å². The van der Waals surface area contributed by atoms with Crippen molar-refractivity contribution in [2.24, 2.45) is 4.99 Å². The Hall–Kier alpha value is -2.04. The van der Waals surface area contributed by atoms with E-state index in [2.05, 4.69) is 27.4 Å². The number of benzene rings is 1. The van der Waals surface area contributed by atoms with Crippen molar-refractivity contribution in [3.05, 3.63) is 23.5 Å². The summed E-state index contributed by atoms with van der Waals surface area (Å²) in [5, 5.41) is 2.35. The zero-order valence-corrected chi connectivity index (χ0v) is 13.5. The monoisotopic (exact) mass is 303 g/mol. The fourth-order valence-corrected chi connectivity index (χ4v) is 2.19. The molecule has 0 amide bonds. The maximum Gasteiger partial charge on any atom is 0.420 e. The second-order valence-corrected chi connectivity index (χ2v) is 5.94. The summed E-state index contributed by atoms with van der Waals surface area (Å²) < 4.78 is 6.89. The molecule has 0 radical (unpaired) electrons. The van der Waals surface area contributed by atoms with E-state index >= 15 is 0 Å². The molecule has 0 atom stereocenters. The number of nitrogens with zero attached hydrogens (tertiary/aromatic N) is 3. The number of aliphatic imine (C=N–C) groups is 1. The van der Waals surface area contributed by atoms with Gasteiger partial charge in [-0.1, -0.05) is 0 Å². The number of hydrogen-bond donors (Lipinski definition) is 0. The minimum atomic E-state index is -0.559. The van der Waals surface area contributed by atoms with Gasteiger partial charge in [0.2, 0.25) is 0 Å². The van der Waals surface area contributed by atoms with E-state index in [9.17, 15) is 4.79 Å². The van der Waals surface area contributed by atoms with E-state index in [1.54, 1.807) is 19.1 Å². The third kappa shape index (κ3) is 3.01. The highest BCUT2D eigenvalue weighted by Crippen LogP contribution is 2.28. The van der Waals surface area contributed by atoms with Gasteiger partial charge in [0.15, 0.2) is 0 Å². The van der Waals surface area contributed by atoms with E-state index in [0.717, 1.165) is 5.56 Å². The Balaban J connectivity index is 2.61. The Morgan fingerprint density at radius 2 is 2.05 bits per heavy atom. The summed E-state index contributed by atoms with van der Waals surface area (Å²) in [6, 6.07) is 3.58. The fraction of sp³-hybridized carbons (Fsp3) is 0.400. The lowest BCUT2D eigenvalue weighted by molar-refractivity contribution is 0.0540. The molecule has 0 fully saturated rings. The predicted octanol–water partition coefficient (Wildman–Crippen LogP) is 4.17. The van der Waals surface area contributed by atoms with Crippen LogP contribution in [-0.4, -0.2) is 26.4 Å². The Morgan fingerprint density at radius 3 is 2.62 bits per heavy atom. The Morgan fingerprint density at radius 1 is 1.38 bits per heavy atom. The number of thiocarbonyl (C=S) groups is 1. The second kappa shape index (κ2) is 5.39. The molecule has 0 bridgehead atoms. The van der Waals surface area contributed by atoms with Crippen LogP contribution >= 0.6 is 12.2 Å². The summed E-state index contributed by atoms with van der Waals surface area (Å²) in [5.74, 6) is 0.575. The normalized spacial score (nSPS) is 11.3. The molecule has 0 N–H and O–H groups in total. The van der Waals surface area contributed by atoms with E-state index < -0.39 is 11.7 Å². The van der Waals surface area contributed by atoms with Gasteiger partial charge in [-0.3, -0.25) is 0 Å². The smallest absolute Gasteiger partial charge is 0.420 e. The quantitative estimate of drug-likeness (QED) is 0.586. The highest BCUT2D eigenvalue weighted by Gasteiger charge is 2.22. The van der Waals surface area contributed by atoms with Gasteiger partial charge in [0.25, 0.3) is 0 Å². The lowest BCUT2D eigenvalue weighted by Gasteiger charge is -2.20. The molecule has 0 spiro atoms. The molecule has 2 aromatic rings. The standard InChI is InChI=1S/C15H17N3O2S/c1-9-11(16-8-21)6-7-12-13(9)17-10(2)18(12)14(19)20-15(3,4)5/h6-7H,1-5H3. The highest BCUT2D eigenvalue weighted by molar-refractivity contribution is 7.78. The van der Waals surface area contributed by atoms with Crippen LogP contribution in [0.2, 0.25) is 0 Å². The first kappa shape index (κ1) is 15.4. The molecule has 1 aromatic heterocycles. The topological polar surface area (TPSA) is 56.5 Å². The van der Waals surface area contributed by atoms with E-state index in [4.69, 9.17) is 4.74 Å². The van der Waals surface area contributed by atoms with Crippen LogP contribution in [0, 0.1) is 13.8 Å². The minimum Gasteiger partial charge on any atom is -0.443 e. The first-order valence-electron chi connectivity index (χ1n) is 6.54. The summed E-state index contributed by atoms with van der Waals surface area (Å²) in [6.45, 7) is 9.15. The first-order valence-corrected chi connectivity index (χ1v) is 6.95. The molecule has 1 aromatic carbocycles. The number of aromatic nitrogens is 2. The van der Waals surface area contributed by atoms with Gasteiger partial charge in [0.1, 0.15) is 11.4 Å². The lowest BCUT2D eigenvalue weighted by Crippen LogP contribution is -2.27. The van der Waals surface area contributed by atoms with Crippen molar-refractivity contribution in [3.8, 4) is 0 Å². The van der Waals surface area contributed by atoms with Crippen molar-refractivity contribution in [1.29, 1.82) is 0 Å². The van der Waals surface area contributed by atoms with Crippen molar-refractivity contribution in [2.75, 3.05) is 0 Å². The van der Waals surface area contributed by atoms with Gasteiger partial charge in [0, 0.05) is 5.56 Å². The molecule has 110 valence electrons. The molecule has 0 aliphatic heterocycles. The van der Waals surface area contributed by atoms with E-state index in [1.807, 2.05) is 27.7 Å². The maximum atomic E-state index is 12.3. The van der Waals surface area contributed by atoms with Crippen LogP contribution in [0.15, 0.2) is 17.1 Å². The summed E-state index contributed by atoms with van der Waals surface area (Å²) in [7, 11) is 0. The molecule has 6 heteroatoms. The van der Waals surface area contributed by atoms with E-state index in [0.29, 0.717) is 22.5 Å². The third-order valence-electron chi connectivity index (χ3n) is 2.96. The number of imidazole rings is 1. The summed E-state index contributed by atoms with van der Waals surface area (Å²) in [6.07, 6.45) is -0.437. The van der Waals surface area contributed by atoms with Crippen molar-refractivity contribution >= 4 is 40.2 Å². The fourth-order valence-electron chi connectivity index (χ4n) is 2.09. The summed E-state index contributed by atoms with van der Waals surface area (Å²) >= 11 is 4.63. The Bertz CT molecular complexity index is 765. The van der Waals surface area contributed by atoms with E-state index in [1.165, 1.54) is 4.57 Å². The van der Waals surface area contributed by atoms with Gasteiger partial charge in [-0.2, -0.15) is 4.99 Å². The molecule has 5 nitrogen and oxygen atoms in total. The van der Waals surface area contributed by atoms with Crippen LogP contribution in [0.3, 0.4) is 0 Å². The molecule has 0 aliphatic rings. The van der Waals surface area contributed by atoms with Gasteiger partial charge in [-0.15, -0.1) is 0 Å². The molecule has 0 saturated heterocycles. The minimum absolute atomic E-state index is 0.437. The number of rotatable bonds is 1. The highest BCUT2D eigenvalue weighted by atomic mass is 32.1. The van der Waals surface area contributed by atoms with Gasteiger partial charge < -0.3 is 4.74 Å². The van der Waals surface area contributed by atoms with Gasteiger partial charge in [0.05, 0.1) is 21.9 Å². The number of ether oxygens (including phenoxy) is 1. The lowest BCUT2D eigenvalue weighted by atomic mass is 10.1. The van der Waals surface area contributed by atoms with Crippen molar-refractivity contribution in [1.82, 2.24) is 9.55 Å². The zero-order chi connectivity index (χ0) is 15.8. The molecule has 1 heterocycles. The van der Waals surface area contributed by atoms with Crippen LogP contribution in [-0.2, 0) is 4.74 Å². The molecular formula is C15H17N3O2S. The molecule has 2 rings (SSSR count). The first-order chi connectivity index (χ1) is 9.74. The van der Waals surface area contributed by atoms with Crippen LogP contribution < -0.4 is 0 Å². The van der Waals surface area contributed by atoms with Gasteiger partial charge >= 0.3 is 6.09 Å². The van der Waals surface area contributed by atoms with Gasteiger partial charge in [-0.05, 0) is 59.0 Å². The SMILES string of the molecule is Cc1c(N=C=S)ccc2c1nc(C)n2C(=O)OC(C)(C)C.